The molecule has 0 unspecified atom stereocenters. The fourth-order valence-electron chi connectivity index (χ4n) is 10.6. The number of rotatable bonds is 6. The lowest BCUT2D eigenvalue weighted by molar-refractivity contribution is -0.282. The summed E-state index contributed by atoms with van der Waals surface area (Å²) in [5.41, 5.74) is -1.19. The third-order valence-corrected chi connectivity index (χ3v) is 12.9. The molecule has 4 saturated carbocycles. The number of aliphatic hydroxyl groups excluding tert-OH is 2. The van der Waals surface area contributed by atoms with E-state index in [1.54, 1.807) is 19.2 Å². The molecule has 1 saturated heterocycles. The fourth-order valence-corrected chi connectivity index (χ4v) is 10.6. The molecule has 5 fully saturated rings. The Hall–Kier alpha value is -2.21. The predicted octanol–water partition coefficient (Wildman–Crippen LogP) is 3.25. The molecular formula is C35H48N2O8. The summed E-state index contributed by atoms with van der Waals surface area (Å²) < 4.78 is 17.5. The zero-order chi connectivity index (χ0) is 31.6. The number of cyclic esters (lactones) is 1. The Bertz CT molecular complexity index is 1330. The van der Waals surface area contributed by atoms with Crippen LogP contribution in [-0.4, -0.2) is 86.1 Å². The lowest BCUT2D eigenvalue weighted by Gasteiger charge is -2.66. The maximum atomic E-state index is 12.7. The van der Waals surface area contributed by atoms with Crippen LogP contribution in [0.1, 0.15) is 83.7 Å². The van der Waals surface area contributed by atoms with E-state index in [0.29, 0.717) is 51.7 Å². The second-order valence-corrected chi connectivity index (χ2v) is 15.0. The summed E-state index contributed by atoms with van der Waals surface area (Å²) in [6, 6.07) is 5.78. The largest absolute Gasteiger partial charge is 0.458 e. The van der Waals surface area contributed by atoms with Crippen molar-refractivity contribution in [3.63, 3.8) is 0 Å². The van der Waals surface area contributed by atoms with Gasteiger partial charge in [0, 0.05) is 42.2 Å². The van der Waals surface area contributed by atoms with Crippen LogP contribution >= 0.6 is 0 Å². The molecule has 1 aromatic rings. The topological polar surface area (TPSA) is 151 Å². The van der Waals surface area contributed by atoms with Gasteiger partial charge in [0.25, 0.3) is 0 Å². The first-order chi connectivity index (χ1) is 21.5. The van der Waals surface area contributed by atoms with Crippen molar-refractivity contribution in [2.24, 2.45) is 33.6 Å². The van der Waals surface area contributed by atoms with Crippen LogP contribution in [0, 0.1) is 28.6 Å². The number of hydrogen-bond acceptors (Lipinski definition) is 10. The van der Waals surface area contributed by atoms with Gasteiger partial charge in [-0.3, -0.25) is 9.98 Å². The average molecular weight is 625 g/mol. The lowest BCUT2D eigenvalue weighted by Crippen LogP contribution is -2.69. The van der Waals surface area contributed by atoms with E-state index in [1.807, 2.05) is 24.4 Å². The van der Waals surface area contributed by atoms with Crippen molar-refractivity contribution in [1.29, 1.82) is 0 Å². The number of fused-ring (bicyclic) bond motifs is 5. The predicted molar refractivity (Wildman–Crippen MR) is 164 cm³/mol. The van der Waals surface area contributed by atoms with Crippen LogP contribution in [0.3, 0.4) is 0 Å². The van der Waals surface area contributed by atoms with Gasteiger partial charge in [-0.1, -0.05) is 13.0 Å². The normalized spacial score (nSPS) is 48.0. The highest BCUT2D eigenvalue weighted by molar-refractivity contribution is 5.85. The molecule has 0 spiro atoms. The minimum absolute atomic E-state index is 0.0157. The Morgan fingerprint density at radius 1 is 1.09 bits per heavy atom. The van der Waals surface area contributed by atoms with Gasteiger partial charge in [-0.2, -0.15) is 0 Å². The molecule has 4 N–H and O–H groups in total. The molecule has 0 amide bonds. The van der Waals surface area contributed by atoms with E-state index in [9.17, 15) is 25.2 Å². The summed E-state index contributed by atoms with van der Waals surface area (Å²) in [7, 11) is 0. The lowest BCUT2D eigenvalue weighted by atomic mass is 9.41. The molecule has 7 rings (SSSR count). The number of aromatic nitrogens is 1. The number of nitrogens with zero attached hydrogens (tertiary/aromatic N) is 2. The molecule has 0 bridgehead atoms. The van der Waals surface area contributed by atoms with Gasteiger partial charge >= 0.3 is 5.97 Å². The van der Waals surface area contributed by atoms with Crippen molar-refractivity contribution in [3.05, 3.63) is 41.7 Å². The number of carbonyl (C=O) groups excluding carboxylic acids is 1. The first-order valence-corrected chi connectivity index (χ1v) is 16.9. The van der Waals surface area contributed by atoms with E-state index in [4.69, 9.17) is 19.2 Å². The molecule has 10 nitrogen and oxygen atoms in total. The minimum Gasteiger partial charge on any atom is -0.458 e. The molecule has 45 heavy (non-hydrogen) atoms. The van der Waals surface area contributed by atoms with E-state index in [0.717, 1.165) is 30.5 Å². The molecule has 0 aromatic carbocycles. The Kier molecular flexibility index (Phi) is 8.02. The maximum Gasteiger partial charge on any atom is 0.331 e. The standard InChI is InChI=1S/C35H48N2O8/c1-21-31(40)28(38)16-30(44-21)45-24-6-11-33(20-36-18-23-5-3-4-14-37-23)26-7-10-32(2)25(22-15-29(39)43-19-22)9-13-35(32,42)27(26)8-12-34(33,41)17-24/h3-5,14-15,20-21,24-28,30-31,38,40-42H,6-13,16-19H2,1-2H3/t21-,24+,25+,26-,27+,28+,30-,31+,32+,33-,34-,35+/m0/s1. The molecule has 1 aromatic heterocycles. The van der Waals surface area contributed by atoms with Gasteiger partial charge in [-0.05, 0) is 93.7 Å². The molecular weight excluding hydrogens is 576 g/mol. The second-order valence-electron chi connectivity index (χ2n) is 15.0. The molecule has 12 atom stereocenters. The van der Waals surface area contributed by atoms with Crippen LogP contribution < -0.4 is 0 Å². The van der Waals surface area contributed by atoms with E-state index >= 15 is 0 Å². The highest BCUT2D eigenvalue weighted by atomic mass is 16.7. The molecule has 246 valence electrons. The number of aliphatic hydroxyl groups is 4. The SMILES string of the molecule is C[C@@H]1O[C@@H](O[C@@H]2CC[C@]3(C=NCc4ccccn4)[C@H]4CC[C@]5(C)[C@@H](C6=CC(=O)OC6)CC[C@@]5(O)[C@@H]4CC[C@]3(O)C2)C[C@@H](O)[C@@H]1O. The Labute approximate surface area is 264 Å². The van der Waals surface area contributed by atoms with Gasteiger partial charge in [-0.25, -0.2) is 4.79 Å². The average Bonchev–Trinajstić information content (AvgIpc) is 3.56. The summed E-state index contributed by atoms with van der Waals surface area (Å²) in [6.07, 6.45) is 8.31. The third-order valence-electron chi connectivity index (χ3n) is 12.9. The van der Waals surface area contributed by atoms with E-state index in [-0.39, 0.29) is 41.7 Å². The smallest absolute Gasteiger partial charge is 0.331 e. The van der Waals surface area contributed by atoms with Crippen LogP contribution in [-0.2, 0) is 25.5 Å². The molecule has 10 heteroatoms. The Morgan fingerprint density at radius 3 is 2.64 bits per heavy atom. The number of hydrogen-bond donors (Lipinski definition) is 4. The summed E-state index contributed by atoms with van der Waals surface area (Å²) >= 11 is 0. The number of aliphatic imine (C=N–C) groups is 1. The van der Waals surface area contributed by atoms with Gasteiger partial charge < -0.3 is 34.6 Å². The summed E-state index contributed by atoms with van der Waals surface area (Å²) in [5.74, 6) is -0.181. The van der Waals surface area contributed by atoms with Crippen molar-refractivity contribution in [2.45, 2.75) is 127 Å². The van der Waals surface area contributed by atoms with Crippen molar-refractivity contribution in [3.8, 4) is 0 Å². The maximum absolute atomic E-state index is 12.7. The van der Waals surface area contributed by atoms with Gasteiger partial charge in [0.05, 0.1) is 41.8 Å². The Morgan fingerprint density at radius 2 is 1.91 bits per heavy atom. The highest BCUT2D eigenvalue weighted by Crippen LogP contribution is 2.70. The van der Waals surface area contributed by atoms with Crippen LogP contribution in [0.2, 0.25) is 0 Å². The quantitative estimate of drug-likeness (QED) is 0.212. The first kappa shape index (κ1) is 31.4. The first-order valence-electron chi connectivity index (χ1n) is 16.9. The van der Waals surface area contributed by atoms with Crippen LogP contribution in [0.4, 0.5) is 0 Å². The van der Waals surface area contributed by atoms with E-state index in [2.05, 4.69) is 11.9 Å². The van der Waals surface area contributed by atoms with Crippen molar-refractivity contribution < 1.29 is 39.4 Å². The molecule has 6 aliphatic rings. The molecule has 0 radical (unpaired) electrons. The van der Waals surface area contributed by atoms with Crippen LogP contribution in [0.25, 0.3) is 0 Å². The number of ether oxygens (including phenoxy) is 3. The van der Waals surface area contributed by atoms with Gasteiger partial charge in [0.1, 0.15) is 12.7 Å². The monoisotopic (exact) mass is 624 g/mol. The zero-order valence-corrected chi connectivity index (χ0v) is 26.4. The zero-order valence-electron chi connectivity index (χ0n) is 26.4. The summed E-state index contributed by atoms with van der Waals surface area (Å²) in [6.45, 7) is 4.66. The number of esters is 1. The van der Waals surface area contributed by atoms with Crippen molar-refractivity contribution in [2.75, 3.05) is 6.61 Å². The minimum atomic E-state index is -1.10. The van der Waals surface area contributed by atoms with E-state index in [1.165, 1.54) is 0 Å². The van der Waals surface area contributed by atoms with Gasteiger partial charge in [0.2, 0.25) is 0 Å². The van der Waals surface area contributed by atoms with Crippen molar-refractivity contribution in [1.82, 2.24) is 4.98 Å². The van der Waals surface area contributed by atoms with E-state index < -0.39 is 41.2 Å². The summed E-state index contributed by atoms with van der Waals surface area (Å²) in [4.78, 5) is 21.4. The van der Waals surface area contributed by atoms with Crippen LogP contribution in [0.5, 0.6) is 0 Å². The highest BCUT2D eigenvalue weighted by Gasteiger charge is 2.71. The molecule has 2 aliphatic heterocycles. The van der Waals surface area contributed by atoms with Crippen LogP contribution in [0.15, 0.2) is 41.0 Å². The third kappa shape index (κ3) is 5.02. The summed E-state index contributed by atoms with van der Waals surface area (Å²) in [5, 5.41) is 45.9. The molecule has 4 aliphatic carbocycles. The number of carbonyl (C=O) groups is 1. The number of pyridine rings is 1. The second kappa shape index (κ2) is 11.5. The molecule has 3 heterocycles. The fraction of sp³-hybridized carbons (Fsp3) is 0.743. The van der Waals surface area contributed by atoms with Gasteiger partial charge in [-0.15, -0.1) is 0 Å². The van der Waals surface area contributed by atoms with Gasteiger partial charge in [0.15, 0.2) is 6.29 Å². The Balaban J connectivity index is 1.17. The van der Waals surface area contributed by atoms with Crippen molar-refractivity contribution >= 4 is 12.2 Å².